The molecule has 1 aromatic carbocycles. The smallest absolute Gasteiger partial charge is 0.220 e. The zero-order chi connectivity index (χ0) is 19.1. The zero-order valence-corrected chi connectivity index (χ0v) is 16.6. The lowest BCUT2D eigenvalue weighted by Gasteiger charge is -2.21. The van der Waals surface area contributed by atoms with E-state index in [1.54, 1.807) is 13.2 Å². The van der Waals surface area contributed by atoms with Gasteiger partial charge in [-0.15, -0.1) is 0 Å². The number of methoxy groups -OCH3 is 1. The largest absolute Gasteiger partial charge is 0.372 e. The Kier molecular flexibility index (Phi) is 7.42. The van der Waals surface area contributed by atoms with Gasteiger partial charge in [0.25, 0.3) is 0 Å². The van der Waals surface area contributed by atoms with Gasteiger partial charge in [-0.1, -0.05) is 18.5 Å². The summed E-state index contributed by atoms with van der Waals surface area (Å²) in [5.41, 5.74) is 3.84. The van der Waals surface area contributed by atoms with Gasteiger partial charge in [0, 0.05) is 31.5 Å². The quantitative estimate of drug-likeness (QED) is 0.547. The number of carbonyl (C=O) groups excluding carboxylic acids is 1. The number of benzene rings is 1. The number of nitrogens with one attached hydrogen (secondary N) is 1. The Morgan fingerprint density at radius 2 is 1.81 bits per heavy atom. The molecule has 5 nitrogen and oxygen atoms in total. The van der Waals surface area contributed by atoms with E-state index in [2.05, 4.69) is 36.2 Å². The minimum Gasteiger partial charge on any atom is -0.372 e. The Balaban J connectivity index is 2.36. The standard InChI is InChI=1S/C20H26ClN3O2/c1-5-16-17(12-18(22-13-26-4)20(25)19(16)21)23-14-8-10-15(11-9-14)24(6-2)7-3/h8-12,22H,5-7,13H2,1-4H3/b23-17+. The van der Waals surface area contributed by atoms with Crippen LogP contribution in [0.25, 0.3) is 0 Å². The summed E-state index contributed by atoms with van der Waals surface area (Å²) < 4.78 is 4.98. The van der Waals surface area contributed by atoms with Crippen LogP contribution in [0, 0.1) is 0 Å². The second-order valence-corrected chi connectivity index (χ2v) is 6.21. The van der Waals surface area contributed by atoms with E-state index in [9.17, 15) is 4.79 Å². The first-order valence-electron chi connectivity index (χ1n) is 8.87. The van der Waals surface area contributed by atoms with E-state index in [0.717, 1.165) is 24.4 Å². The maximum absolute atomic E-state index is 12.3. The van der Waals surface area contributed by atoms with Gasteiger partial charge in [0.05, 0.1) is 22.1 Å². The van der Waals surface area contributed by atoms with Crippen molar-refractivity contribution >= 4 is 34.5 Å². The number of hydrogen-bond donors (Lipinski definition) is 1. The Bertz CT molecular complexity index is 732. The van der Waals surface area contributed by atoms with Gasteiger partial charge in [-0.25, -0.2) is 4.99 Å². The highest BCUT2D eigenvalue weighted by atomic mass is 35.5. The third-order valence-corrected chi connectivity index (χ3v) is 4.69. The molecule has 0 heterocycles. The van der Waals surface area contributed by atoms with Crippen molar-refractivity contribution in [3.63, 3.8) is 0 Å². The molecule has 140 valence electrons. The van der Waals surface area contributed by atoms with Crippen LogP contribution in [0.4, 0.5) is 11.4 Å². The van der Waals surface area contributed by atoms with E-state index in [4.69, 9.17) is 21.3 Å². The number of hydrogen-bond acceptors (Lipinski definition) is 5. The van der Waals surface area contributed by atoms with Gasteiger partial charge in [0.2, 0.25) is 5.78 Å². The van der Waals surface area contributed by atoms with Crippen molar-refractivity contribution in [3.8, 4) is 0 Å². The molecule has 0 fully saturated rings. The zero-order valence-electron chi connectivity index (χ0n) is 15.8. The van der Waals surface area contributed by atoms with Crippen molar-refractivity contribution in [2.75, 3.05) is 31.8 Å². The number of ether oxygens (including phenoxy) is 1. The molecule has 1 aliphatic carbocycles. The first-order valence-corrected chi connectivity index (χ1v) is 9.25. The Morgan fingerprint density at radius 1 is 1.15 bits per heavy atom. The van der Waals surface area contributed by atoms with Crippen molar-refractivity contribution in [2.45, 2.75) is 27.2 Å². The van der Waals surface area contributed by atoms with Gasteiger partial charge in [0.15, 0.2) is 0 Å². The van der Waals surface area contributed by atoms with Crippen LogP contribution in [-0.2, 0) is 9.53 Å². The summed E-state index contributed by atoms with van der Waals surface area (Å²) in [7, 11) is 1.56. The van der Waals surface area contributed by atoms with E-state index >= 15 is 0 Å². The van der Waals surface area contributed by atoms with Crippen LogP contribution in [0.15, 0.2) is 51.6 Å². The third-order valence-electron chi connectivity index (χ3n) is 4.29. The number of Topliss-reactive ketones (excluding diaryl/α,β-unsaturated/α-hetero) is 1. The molecule has 6 heteroatoms. The molecule has 2 rings (SSSR count). The molecule has 1 aromatic rings. The van der Waals surface area contributed by atoms with Crippen LogP contribution >= 0.6 is 11.6 Å². The molecule has 1 N–H and O–H groups in total. The maximum atomic E-state index is 12.3. The predicted octanol–water partition coefficient (Wildman–Crippen LogP) is 4.17. The van der Waals surface area contributed by atoms with E-state index in [-0.39, 0.29) is 17.5 Å². The molecule has 26 heavy (non-hydrogen) atoms. The number of allylic oxidation sites excluding steroid dienone is 3. The number of anilines is 1. The average Bonchev–Trinajstić information content (AvgIpc) is 2.66. The summed E-state index contributed by atoms with van der Waals surface area (Å²) in [4.78, 5) is 19.3. The van der Waals surface area contributed by atoms with E-state index in [1.165, 1.54) is 5.69 Å². The molecular formula is C20H26ClN3O2. The minimum atomic E-state index is -0.226. The summed E-state index contributed by atoms with van der Waals surface area (Å²) >= 11 is 6.29. The second-order valence-electron chi connectivity index (χ2n) is 5.83. The topological polar surface area (TPSA) is 53.9 Å². The molecule has 0 radical (unpaired) electrons. The van der Waals surface area contributed by atoms with Gasteiger partial charge in [0.1, 0.15) is 6.73 Å². The summed E-state index contributed by atoms with van der Waals surface area (Å²) in [6, 6.07) is 8.08. The van der Waals surface area contributed by atoms with Crippen molar-refractivity contribution in [1.29, 1.82) is 0 Å². The lowest BCUT2D eigenvalue weighted by Crippen LogP contribution is -2.28. The lowest BCUT2D eigenvalue weighted by atomic mass is 9.98. The van der Waals surface area contributed by atoms with Crippen molar-refractivity contribution < 1.29 is 9.53 Å². The van der Waals surface area contributed by atoms with Crippen molar-refractivity contribution in [1.82, 2.24) is 5.32 Å². The molecule has 0 unspecified atom stereocenters. The second kappa shape index (κ2) is 9.55. The SMILES string of the molecule is CCC1=C(Cl)C(=O)C(NCOC)=C/C1=N\c1ccc(N(CC)CC)cc1. The van der Waals surface area contributed by atoms with E-state index in [1.807, 2.05) is 19.1 Å². The summed E-state index contributed by atoms with van der Waals surface area (Å²) in [5.74, 6) is -0.226. The predicted molar refractivity (Wildman–Crippen MR) is 108 cm³/mol. The highest BCUT2D eigenvalue weighted by Crippen LogP contribution is 2.27. The van der Waals surface area contributed by atoms with E-state index in [0.29, 0.717) is 17.8 Å². The first-order chi connectivity index (χ1) is 12.5. The van der Waals surface area contributed by atoms with Gasteiger partial charge in [-0.2, -0.15) is 0 Å². The third kappa shape index (κ3) is 4.54. The minimum absolute atomic E-state index is 0.215. The van der Waals surface area contributed by atoms with Crippen LogP contribution in [0.5, 0.6) is 0 Å². The summed E-state index contributed by atoms with van der Waals surface area (Å²) in [5, 5.41) is 3.15. The highest BCUT2D eigenvalue weighted by Gasteiger charge is 2.25. The van der Waals surface area contributed by atoms with E-state index < -0.39 is 0 Å². The first kappa shape index (κ1) is 20.2. The van der Waals surface area contributed by atoms with Gasteiger partial charge < -0.3 is 15.0 Å². The fourth-order valence-corrected chi connectivity index (χ4v) is 3.17. The number of aliphatic imine (C=N–C) groups is 1. The molecule has 0 saturated heterocycles. The molecule has 0 spiro atoms. The summed E-state index contributed by atoms with van der Waals surface area (Å²) in [6.45, 7) is 8.39. The van der Waals surface area contributed by atoms with Crippen molar-refractivity contribution in [3.05, 3.63) is 46.6 Å². The normalized spacial score (nSPS) is 16.1. The average molecular weight is 376 g/mol. The Morgan fingerprint density at radius 3 is 2.35 bits per heavy atom. The van der Waals surface area contributed by atoms with Gasteiger partial charge in [-0.3, -0.25) is 4.79 Å². The molecular weight excluding hydrogens is 350 g/mol. The number of nitrogens with zero attached hydrogens (tertiary/aromatic N) is 2. The van der Waals surface area contributed by atoms with Crippen LogP contribution < -0.4 is 10.2 Å². The van der Waals surface area contributed by atoms with Gasteiger partial charge >= 0.3 is 0 Å². The van der Waals surface area contributed by atoms with Crippen molar-refractivity contribution in [2.24, 2.45) is 4.99 Å². The summed E-state index contributed by atoms with van der Waals surface area (Å²) in [6.07, 6.45) is 2.37. The molecule has 0 amide bonds. The highest BCUT2D eigenvalue weighted by molar-refractivity contribution is 6.49. The molecule has 0 aromatic heterocycles. The van der Waals surface area contributed by atoms with Crippen LogP contribution in [0.1, 0.15) is 27.2 Å². The lowest BCUT2D eigenvalue weighted by molar-refractivity contribution is -0.112. The molecule has 0 atom stereocenters. The van der Waals surface area contributed by atoms with Crippen LogP contribution in [0.3, 0.4) is 0 Å². The number of halogens is 1. The molecule has 0 saturated carbocycles. The monoisotopic (exact) mass is 375 g/mol. The van der Waals surface area contributed by atoms with Crippen LogP contribution in [0.2, 0.25) is 0 Å². The maximum Gasteiger partial charge on any atom is 0.220 e. The van der Waals surface area contributed by atoms with Gasteiger partial charge in [-0.05, 0) is 50.6 Å². The number of ketones is 1. The molecule has 0 aliphatic heterocycles. The molecule has 0 bridgehead atoms. The Hall–Kier alpha value is -2.11. The fraction of sp³-hybridized carbons (Fsp3) is 0.400. The fourth-order valence-electron chi connectivity index (χ4n) is 2.84. The Labute approximate surface area is 160 Å². The number of carbonyl (C=O) groups is 1. The van der Waals surface area contributed by atoms with Crippen LogP contribution in [-0.4, -0.2) is 38.4 Å². The molecule has 1 aliphatic rings. The number of rotatable bonds is 8.